The first-order valence-corrected chi connectivity index (χ1v) is 4.13. The van der Waals surface area contributed by atoms with Crippen LogP contribution in [-0.2, 0) is 6.54 Å². The number of halogens is 3. The third kappa shape index (κ3) is 2.93. The Kier molecular flexibility index (Phi) is 3.36. The minimum absolute atomic E-state index is 0.0613. The molecule has 0 aromatic carbocycles. The molecular weight excluding hydrogens is 245 g/mol. The molecule has 10 heteroatoms. The van der Waals surface area contributed by atoms with E-state index in [4.69, 9.17) is 11.5 Å². The molecule has 4 N–H and O–H groups in total. The minimum atomic E-state index is -5.09. The van der Waals surface area contributed by atoms with Gasteiger partial charge in [-0.15, -0.1) is 13.2 Å². The van der Waals surface area contributed by atoms with Crippen LogP contribution in [0.3, 0.4) is 0 Å². The van der Waals surface area contributed by atoms with Gasteiger partial charge in [-0.25, -0.2) is 4.98 Å². The van der Waals surface area contributed by atoms with Crippen LogP contribution in [0.25, 0.3) is 0 Å². The van der Waals surface area contributed by atoms with Gasteiger partial charge in [-0.1, -0.05) is 0 Å². The molecule has 0 unspecified atom stereocenters. The Bertz CT molecular complexity index is 449. The van der Waals surface area contributed by atoms with E-state index in [1.807, 2.05) is 0 Å². The molecule has 0 aliphatic carbocycles. The van der Waals surface area contributed by atoms with Crippen molar-refractivity contribution in [2.24, 2.45) is 5.73 Å². The second kappa shape index (κ2) is 4.41. The maximum Gasteiger partial charge on any atom is 0.574 e. The Labute approximate surface area is 92.3 Å². The average Bonchev–Trinajstić information content (AvgIpc) is 2.14. The molecule has 0 aliphatic heterocycles. The Morgan fingerprint density at radius 2 is 2.12 bits per heavy atom. The highest BCUT2D eigenvalue weighted by atomic mass is 19.4. The van der Waals surface area contributed by atoms with Crippen LogP contribution in [0.5, 0.6) is 5.88 Å². The molecule has 1 heterocycles. The van der Waals surface area contributed by atoms with E-state index in [-0.39, 0.29) is 12.1 Å². The lowest BCUT2D eigenvalue weighted by Crippen LogP contribution is -2.19. The first kappa shape index (κ1) is 13.0. The number of aromatic nitrogens is 1. The topological polar surface area (TPSA) is 117 Å². The molecule has 0 atom stereocenters. The fourth-order valence-corrected chi connectivity index (χ4v) is 1.06. The predicted octanol–water partition coefficient (Wildman–Crippen LogP) is 0.929. The van der Waals surface area contributed by atoms with Gasteiger partial charge in [-0.05, 0) is 0 Å². The summed E-state index contributed by atoms with van der Waals surface area (Å²) in [4.78, 5) is 12.7. The maximum atomic E-state index is 11.9. The summed E-state index contributed by atoms with van der Waals surface area (Å²) in [6.45, 7) is -0.189. The van der Waals surface area contributed by atoms with Gasteiger partial charge in [0.2, 0.25) is 0 Å². The van der Waals surface area contributed by atoms with Crippen LogP contribution in [0, 0.1) is 10.1 Å². The summed E-state index contributed by atoms with van der Waals surface area (Å²) in [6, 6.07) is 0. The first-order chi connectivity index (χ1) is 7.76. The molecule has 1 rings (SSSR count). The number of anilines is 1. The zero-order chi connectivity index (χ0) is 13.2. The van der Waals surface area contributed by atoms with Gasteiger partial charge in [0.05, 0.1) is 4.92 Å². The molecule has 1 aromatic rings. The normalized spacial score (nSPS) is 11.3. The molecule has 0 bridgehead atoms. The van der Waals surface area contributed by atoms with E-state index >= 15 is 0 Å². The van der Waals surface area contributed by atoms with Crippen molar-refractivity contribution in [3.8, 4) is 5.88 Å². The van der Waals surface area contributed by atoms with Gasteiger partial charge in [0.25, 0.3) is 0 Å². The van der Waals surface area contributed by atoms with E-state index in [0.717, 1.165) is 6.20 Å². The molecule has 0 fully saturated rings. The van der Waals surface area contributed by atoms with E-state index in [0.29, 0.717) is 0 Å². The Balaban J connectivity index is 3.32. The lowest BCUT2D eigenvalue weighted by molar-refractivity contribution is -0.388. The number of alkyl halides is 3. The highest BCUT2D eigenvalue weighted by molar-refractivity contribution is 5.67. The van der Waals surface area contributed by atoms with Gasteiger partial charge in [0.15, 0.2) is 0 Å². The number of hydrogen-bond acceptors (Lipinski definition) is 6. The van der Waals surface area contributed by atoms with Crippen LogP contribution in [-0.4, -0.2) is 16.3 Å². The summed E-state index contributed by atoms with van der Waals surface area (Å²) >= 11 is 0. The summed E-state index contributed by atoms with van der Waals surface area (Å²) in [7, 11) is 0. The largest absolute Gasteiger partial charge is 0.574 e. The number of rotatable bonds is 3. The van der Waals surface area contributed by atoms with Crippen molar-refractivity contribution in [3.05, 3.63) is 21.9 Å². The van der Waals surface area contributed by atoms with Crippen molar-refractivity contribution in [2.75, 3.05) is 5.73 Å². The molecule has 7 nitrogen and oxygen atoms in total. The number of nitrogens with two attached hydrogens (primary N) is 2. The number of pyridine rings is 1. The lowest BCUT2D eigenvalue weighted by atomic mass is 10.2. The molecule has 0 radical (unpaired) electrons. The van der Waals surface area contributed by atoms with Crippen molar-refractivity contribution in [1.29, 1.82) is 0 Å². The summed E-state index contributed by atoms with van der Waals surface area (Å²) in [5.41, 5.74) is 9.01. The van der Waals surface area contributed by atoms with Crippen LogP contribution in [0.15, 0.2) is 6.20 Å². The zero-order valence-electron chi connectivity index (χ0n) is 8.19. The van der Waals surface area contributed by atoms with E-state index in [9.17, 15) is 23.3 Å². The summed E-state index contributed by atoms with van der Waals surface area (Å²) in [5.74, 6) is -1.21. The first-order valence-electron chi connectivity index (χ1n) is 4.13. The number of nitrogen functional groups attached to an aromatic ring is 1. The van der Waals surface area contributed by atoms with Gasteiger partial charge in [-0.2, -0.15) is 0 Å². The molecule has 0 saturated carbocycles. The molecule has 94 valence electrons. The van der Waals surface area contributed by atoms with Gasteiger partial charge in [0.1, 0.15) is 5.69 Å². The predicted molar refractivity (Wildman–Crippen MR) is 49.9 cm³/mol. The standard InChI is InChI=1S/C7H7F3N4O3/c8-7(9,10)17-6-5(14(15)16)4(12)3(1-11)2-13-6/h2H,1,11H2,(H2,12,13). The lowest BCUT2D eigenvalue weighted by Gasteiger charge is -2.10. The zero-order valence-corrected chi connectivity index (χ0v) is 8.19. The number of nitrogens with zero attached hydrogens (tertiary/aromatic N) is 2. The molecule has 0 amide bonds. The molecule has 0 spiro atoms. The Morgan fingerprint density at radius 3 is 2.53 bits per heavy atom. The van der Waals surface area contributed by atoms with Crippen LogP contribution >= 0.6 is 0 Å². The van der Waals surface area contributed by atoms with Crippen LogP contribution < -0.4 is 16.2 Å². The molecule has 0 aliphatic rings. The fraction of sp³-hybridized carbons (Fsp3) is 0.286. The number of hydrogen-bond donors (Lipinski definition) is 2. The van der Waals surface area contributed by atoms with Crippen molar-refractivity contribution >= 4 is 11.4 Å². The van der Waals surface area contributed by atoms with E-state index in [1.54, 1.807) is 0 Å². The van der Waals surface area contributed by atoms with Crippen molar-refractivity contribution in [3.63, 3.8) is 0 Å². The smallest absolute Gasteiger partial charge is 0.393 e. The summed E-state index contributed by atoms with van der Waals surface area (Å²) in [6.07, 6.45) is -4.20. The van der Waals surface area contributed by atoms with Gasteiger partial charge >= 0.3 is 17.9 Å². The van der Waals surface area contributed by atoms with Crippen molar-refractivity contribution in [2.45, 2.75) is 12.9 Å². The molecule has 0 saturated heterocycles. The molecular formula is C7H7F3N4O3. The third-order valence-corrected chi connectivity index (χ3v) is 1.76. The van der Waals surface area contributed by atoms with Crippen molar-refractivity contribution < 1.29 is 22.8 Å². The maximum absolute atomic E-state index is 11.9. The Morgan fingerprint density at radius 1 is 1.53 bits per heavy atom. The minimum Gasteiger partial charge on any atom is -0.393 e. The Hall–Kier alpha value is -2.10. The highest BCUT2D eigenvalue weighted by Crippen LogP contribution is 2.35. The second-order valence-corrected chi connectivity index (χ2v) is 2.86. The van der Waals surface area contributed by atoms with Gasteiger partial charge in [-0.3, -0.25) is 10.1 Å². The van der Waals surface area contributed by atoms with E-state index in [1.165, 1.54) is 0 Å². The van der Waals surface area contributed by atoms with Crippen LogP contribution in [0.1, 0.15) is 5.56 Å². The van der Waals surface area contributed by atoms with E-state index in [2.05, 4.69) is 9.72 Å². The fourth-order valence-electron chi connectivity index (χ4n) is 1.06. The molecule has 1 aromatic heterocycles. The number of nitro groups is 1. The van der Waals surface area contributed by atoms with Crippen molar-refractivity contribution in [1.82, 2.24) is 4.98 Å². The van der Waals surface area contributed by atoms with Crippen LogP contribution in [0.2, 0.25) is 0 Å². The summed E-state index contributed by atoms with van der Waals surface area (Å²) in [5, 5.41) is 10.6. The third-order valence-electron chi connectivity index (χ3n) is 1.76. The monoisotopic (exact) mass is 252 g/mol. The summed E-state index contributed by atoms with van der Waals surface area (Å²) < 4.78 is 39.2. The quantitative estimate of drug-likeness (QED) is 0.610. The average molecular weight is 252 g/mol. The molecule has 17 heavy (non-hydrogen) atoms. The van der Waals surface area contributed by atoms with Gasteiger partial charge in [0, 0.05) is 18.3 Å². The van der Waals surface area contributed by atoms with E-state index < -0.39 is 28.5 Å². The van der Waals surface area contributed by atoms with Gasteiger partial charge < -0.3 is 16.2 Å². The van der Waals surface area contributed by atoms with Crippen LogP contribution in [0.4, 0.5) is 24.5 Å². The second-order valence-electron chi connectivity index (χ2n) is 2.86. The number of ether oxygens (including phenoxy) is 1. The SMILES string of the molecule is NCc1cnc(OC(F)(F)F)c([N+](=O)[O-])c1N. The highest BCUT2D eigenvalue weighted by Gasteiger charge is 2.36.